The van der Waals surface area contributed by atoms with Gasteiger partial charge in [-0.3, -0.25) is 4.57 Å². The fraction of sp³-hybridized carbons (Fsp3) is 0.750. The second-order valence-corrected chi connectivity index (χ2v) is 13.0. The van der Waals surface area contributed by atoms with E-state index in [1.165, 1.54) is 6.42 Å². The highest BCUT2D eigenvalue weighted by atomic mass is 31.2. The maximum atomic E-state index is 14.6. The van der Waals surface area contributed by atoms with E-state index in [-0.39, 0.29) is 11.6 Å². The summed E-state index contributed by atoms with van der Waals surface area (Å²) in [6.45, 7) is 13.6. The summed E-state index contributed by atoms with van der Waals surface area (Å²) in [6, 6.07) is 7.36. The second-order valence-electron chi connectivity index (χ2n) is 10.3. The fourth-order valence-electron chi connectivity index (χ4n) is 5.32. The van der Waals surface area contributed by atoms with E-state index in [1.54, 1.807) is 7.11 Å². The zero-order valence-corrected chi connectivity index (χ0v) is 20.6. The predicted octanol–water partition coefficient (Wildman–Crippen LogP) is 5.88. The van der Waals surface area contributed by atoms with Gasteiger partial charge in [0.15, 0.2) is 0 Å². The lowest BCUT2D eigenvalue weighted by Gasteiger charge is -2.58. The van der Waals surface area contributed by atoms with Crippen LogP contribution in [-0.2, 0) is 9.09 Å². The summed E-state index contributed by atoms with van der Waals surface area (Å²) in [5, 5.41) is 11.2. The SMILES string of the molecule is COc1ccc([C@H](O)[C@@H](C)[P@]2(=O)O[C@@H]3C[C@H](C)CC[C@H]3C(C)(C)N2CC(C)C)cc1. The Morgan fingerprint density at radius 2 is 1.87 bits per heavy atom. The molecule has 1 heterocycles. The van der Waals surface area contributed by atoms with E-state index in [0.717, 1.165) is 24.2 Å². The van der Waals surface area contributed by atoms with E-state index in [9.17, 15) is 9.67 Å². The van der Waals surface area contributed by atoms with Crippen molar-refractivity contribution in [3.05, 3.63) is 29.8 Å². The van der Waals surface area contributed by atoms with Gasteiger partial charge >= 0.3 is 0 Å². The monoisotopic (exact) mass is 437 g/mol. The molecule has 0 bridgehead atoms. The quantitative estimate of drug-likeness (QED) is 0.563. The lowest BCUT2D eigenvalue weighted by Crippen LogP contribution is -2.59. The van der Waals surface area contributed by atoms with E-state index in [1.807, 2.05) is 31.2 Å². The fourth-order valence-corrected chi connectivity index (χ4v) is 8.64. The van der Waals surface area contributed by atoms with Gasteiger partial charge < -0.3 is 14.4 Å². The lowest BCUT2D eigenvalue weighted by molar-refractivity contribution is -0.0548. The third kappa shape index (κ3) is 4.37. The Morgan fingerprint density at radius 3 is 2.43 bits per heavy atom. The Balaban J connectivity index is 1.97. The van der Waals surface area contributed by atoms with Crippen LogP contribution in [0.2, 0.25) is 0 Å². The van der Waals surface area contributed by atoms with E-state index in [2.05, 4.69) is 39.3 Å². The van der Waals surface area contributed by atoms with E-state index in [4.69, 9.17) is 9.26 Å². The van der Waals surface area contributed by atoms with Crippen molar-refractivity contribution >= 4 is 7.52 Å². The lowest BCUT2D eigenvalue weighted by atomic mass is 9.71. The third-order valence-corrected chi connectivity index (χ3v) is 10.5. The zero-order chi connectivity index (χ0) is 22.3. The van der Waals surface area contributed by atoms with Crippen LogP contribution in [0.15, 0.2) is 24.3 Å². The molecule has 2 fully saturated rings. The highest BCUT2D eigenvalue weighted by Gasteiger charge is 2.58. The zero-order valence-electron chi connectivity index (χ0n) is 19.7. The average molecular weight is 438 g/mol. The number of ether oxygens (including phenoxy) is 1. The van der Waals surface area contributed by atoms with Crippen molar-refractivity contribution in [2.24, 2.45) is 17.8 Å². The van der Waals surface area contributed by atoms with Crippen molar-refractivity contribution in [2.45, 2.75) is 84.2 Å². The minimum absolute atomic E-state index is 0.0106. The molecule has 5 nitrogen and oxygen atoms in total. The summed E-state index contributed by atoms with van der Waals surface area (Å²) in [7, 11) is -1.67. The first-order valence-electron chi connectivity index (χ1n) is 11.4. The van der Waals surface area contributed by atoms with Crippen LogP contribution in [0.5, 0.6) is 5.75 Å². The molecule has 2 aliphatic rings. The number of fused-ring (bicyclic) bond motifs is 1. The van der Waals surface area contributed by atoms with Crippen LogP contribution in [0.4, 0.5) is 0 Å². The Hall–Kier alpha value is -0.870. The molecule has 1 aromatic carbocycles. The number of nitrogens with zero attached hydrogens (tertiary/aromatic N) is 1. The van der Waals surface area contributed by atoms with Gasteiger partial charge in [0.1, 0.15) is 5.75 Å². The highest BCUT2D eigenvalue weighted by Crippen LogP contribution is 2.68. The van der Waals surface area contributed by atoms with E-state index >= 15 is 0 Å². The predicted molar refractivity (Wildman–Crippen MR) is 122 cm³/mol. The molecule has 3 rings (SSSR count). The molecule has 1 N–H and O–H groups in total. The maximum Gasteiger partial charge on any atom is 0.278 e. The summed E-state index contributed by atoms with van der Waals surface area (Å²) >= 11 is 0. The number of benzene rings is 1. The van der Waals surface area contributed by atoms with Gasteiger partial charge in [0.25, 0.3) is 7.52 Å². The van der Waals surface area contributed by atoms with Gasteiger partial charge in [-0.2, -0.15) is 0 Å². The number of methoxy groups -OCH3 is 1. The van der Waals surface area contributed by atoms with Gasteiger partial charge in [-0.1, -0.05) is 39.3 Å². The third-order valence-electron chi connectivity index (χ3n) is 7.22. The molecule has 0 radical (unpaired) electrons. The minimum Gasteiger partial charge on any atom is -0.497 e. The van der Waals surface area contributed by atoms with Gasteiger partial charge in [-0.05, 0) is 63.1 Å². The molecule has 1 saturated heterocycles. The molecular formula is C24H40NO4P. The summed E-state index contributed by atoms with van der Waals surface area (Å²) in [5.74, 6) is 2.03. The molecular weight excluding hydrogens is 397 g/mol. The number of hydrogen-bond donors (Lipinski definition) is 1. The summed E-state index contributed by atoms with van der Waals surface area (Å²) in [6.07, 6.45) is 2.35. The summed E-state index contributed by atoms with van der Waals surface area (Å²) in [4.78, 5) is 0. The Kier molecular flexibility index (Phi) is 7.09. The average Bonchev–Trinajstić information content (AvgIpc) is 2.69. The topological polar surface area (TPSA) is 59.0 Å². The van der Waals surface area contributed by atoms with Crippen LogP contribution in [0, 0.1) is 17.8 Å². The van der Waals surface area contributed by atoms with Crippen LogP contribution < -0.4 is 4.74 Å². The molecule has 0 aromatic heterocycles. The van der Waals surface area contributed by atoms with Crippen molar-refractivity contribution in [1.82, 2.24) is 4.67 Å². The maximum absolute atomic E-state index is 14.6. The molecule has 1 aromatic rings. The second kappa shape index (κ2) is 8.94. The summed E-state index contributed by atoms with van der Waals surface area (Å²) in [5.41, 5.74) is -0.0258. The molecule has 1 saturated carbocycles. The van der Waals surface area contributed by atoms with E-state index in [0.29, 0.717) is 24.3 Å². The van der Waals surface area contributed by atoms with Crippen LogP contribution in [0.25, 0.3) is 0 Å². The Bertz CT molecular complexity index is 763. The van der Waals surface area contributed by atoms with Crippen LogP contribution in [-0.4, -0.2) is 40.7 Å². The first-order valence-corrected chi connectivity index (χ1v) is 13.0. The Labute approximate surface area is 182 Å². The van der Waals surface area contributed by atoms with Gasteiger partial charge in [-0.25, -0.2) is 4.67 Å². The normalized spacial score (nSPS) is 33.7. The molecule has 1 aliphatic heterocycles. The minimum atomic E-state index is -3.29. The van der Waals surface area contributed by atoms with Crippen LogP contribution in [0.3, 0.4) is 0 Å². The van der Waals surface area contributed by atoms with Gasteiger partial charge in [0, 0.05) is 18.0 Å². The number of aliphatic hydroxyl groups is 1. The first-order chi connectivity index (χ1) is 14.0. The van der Waals surface area contributed by atoms with Gasteiger partial charge in [0.05, 0.1) is 25.0 Å². The molecule has 6 heteroatoms. The van der Waals surface area contributed by atoms with Crippen molar-refractivity contribution in [3.8, 4) is 5.75 Å². The molecule has 1 aliphatic carbocycles. The molecule has 6 atom stereocenters. The first kappa shape index (κ1) is 23.8. The molecule has 0 unspecified atom stereocenters. The van der Waals surface area contributed by atoms with E-state index < -0.39 is 19.3 Å². The highest BCUT2D eigenvalue weighted by molar-refractivity contribution is 7.57. The molecule has 170 valence electrons. The Morgan fingerprint density at radius 1 is 1.23 bits per heavy atom. The van der Waals surface area contributed by atoms with Crippen molar-refractivity contribution < 1.29 is 18.9 Å². The molecule has 0 amide bonds. The molecule has 0 spiro atoms. The summed E-state index contributed by atoms with van der Waals surface area (Å²) < 4.78 is 28.5. The van der Waals surface area contributed by atoms with Crippen molar-refractivity contribution in [3.63, 3.8) is 0 Å². The largest absolute Gasteiger partial charge is 0.497 e. The van der Waals surface area contributed by atoms with Crippen molar-refractivity contribution in [2.75, 3.05) is 13.7 Å². The number of aliphatic hydroxyl groups excluding tert-OH is 1. The molecule has 30 heavy (non-hydrogen) atoms. The van der Waals surface area contributed by atoms with Crippen molar-refractivity contribution in [1.29, 1.82) is 0 Å². The van der Waals surface area contributed by atoms with Gasteiger partial charge in [-0.15, -0.1) is 0 Å². The smallest absolute Gasteiger partial charge is 0.278 e. The van der Waals surface area contributed by atoms with Crippen LogP contribution in [0.1, 0.15) is 72.5 Å². The standard InChI is InChI=1S/C24H40NO4P/c1-16(2)15-25-24(5,6)21-13-8-17(3)14-22(21)29-30(25,27)18(4)23(26)19-9-11-20(28-7)12-10-19/h9-12,16-18,21-23,26H,8,13-15H2,1-7H3/t17-,18-,21-,22-,23-,30+/m1/s1. The number of hydrogen-bond acceptors (Lipinski definition) is 4. The van der Waals surface area contributed by atoms with Crippen LogP contribution >= 0.6 is 7.52 Å². The number of rotatable bonds is 6. The van der Waals surface area contributed by atoms with Gasteiger partial charge in [0.2, 0.25) is 0 Å².